The topological polar surface area (TPSA) is 65.0 Å². The van der Waals surface area contributed by atoms with Crippen LogP contribution in [0.2, 0.25) is 0 Å². The lowest BCUT2D eigenvalue weighted by atomic mass is 9.98. The van der Waals surface area contributed by atoms with Crippen molar-refractivity contribution >= 4 is 5.97 Å². The number of alkyl halides is 1. The van der Waals surface area contributed by atoms with Crippen LogP contribution in [0.3, 0.4) is 0 Å². The summed E-state index contributed by atoms with van der Waals surface area (Å²) < 4.78 is 28.5. The first kappa shape index (κ1) is 24.2. The molecule has 6 heteroatoms. The van der Waals surface area contributed by atoms with E-state index in [1.807, 2.05) is 26.8 Å². The minimum absolute atomic E-state index is 0.401. The van der Waals surface area contributed by atoms with E-state index >= 15 is 0 Å². The zero-order valence-corrected chi connectivity index (χ0v) is 17.8. The molecule has 0 aromatic heterocycles. The van der Waals surface area contributed by atoms with Crippen molar-refractivity contribution in [1.82, 2.24) is 0 Å². The number of esters is 1. The first-order valence-corrected chi connectivity index (χ1v) is 9.94. The average molecular weight is 399 g/mol. The average Bonchev–Trinajstić information content (AvgIpc) is 2.64. The number of benzene rings is 1. The first-order chi connectivity index (χ1) is 13.2. The molecule has 28 heavy (non-hydrogen) atoms. The summed E-state index contributed by atoms with van der Waals surface area (Å²) >= 11 is 0. The van der Waals surface area contributed by atoms with Gasteiger partial charge in [0.15, 0.2) is 0 Å². The molecule has 1 rings (SSSR count). The Bertz CT molecular complexity index is 610. The van der Waals surface area contributed by atoms with Crippen LogP contribution < -0.4 is 9.47 Å². The molecule has 1 aromatic carbocycles. The number of aryl methyl sites for hydroxylation is 1. The third-order valence-electron chi connectivity index (χ3n) is 4.38. The molecule has 0 amide bonds. The van der Waals surface area contributed by atoms with Crippen LogP contribution in [0.4, 0.5) is 4.39 Å². The maximum Gasteiger partial charge on any atom is 0.342 e. The Hall–Kier alpha value is -1.82. The van der Waals surface area contributed by atoms with Gasteiger partial charge in [0.1, 0.15) is 29.3 Å². The fourth-order valence-corrected chi connectivity index (χ4v) is 2.98. The van der Waals surface area contributed by atoms with Crippen LogP contribution in [0.15, 0.2) is 12.1 Å². The molecule has 1 N–H and O–H groups in total. The van der Waals surface area contributed by atoms with Gasteiger partial charge in [-0.3, -0.25) is 0 Å². The van der Waals surface area contributed by atoms with Crippen LogP contribution in [0, 0.1) is 0 Å². The molecule has 0 aliphatic rings. The van der Waals surface area contributed by atoms with Crippen molar-refractivity contribution in [2.75, 3.05) is 20.9 Å². The van der Waals surface area contributed by atoms with Crippen LogP contribution >= 0.6 is 0 Å². The van der Waals surface area contributed by atoms with Crippen LogP contribution in [0.25, 0.3) is 0 Å². The van der Waals surface area contributed by atoms with Gasteiger partial charge >= 0.3 is 5.97 Å². The highest BCUT2D eigenvalue weighted by Crippen LogP contribution is 2.31. The number of rotatable bonds is 12. The van der Waals surface area contributed by atoms with Gasteiger partial charge in [-0.05, 0) is 51.7 Å². The van der Waals surface area contributed by atoms with Gasteiger partial charge in [-0.1, -0.05) is 25.7 Å². The summed E-state index contributed by atoms with van der Waals surface area (Å²) in [6, 6.07) is 3.55. The molecule has 1 atom stereocenters. The van der Waals surface area contributed by atoms with Crippen molar-refractivity contribution in [3.05, 3.63) is 23.3 Å². The van der Waals surface area contributed by atoms with Gasteiger partial charge in [0.05, 0.1) is 20.3 Å². The summed E-state index contributed by atoms with van der Waals surface area (Å²) in [7, 11) is 3.11. The fraction of sp³-hybridized carbons (Fsp3) is 0.682. The molecule has 0 fully saturated rings. The van der Waals surface area contributed by atoms with Gasteiger partial charge in [0.2, 0.25) is 0 Å². The van der Waals surface area contributed by atoms with Crippen molar-refractivity contribution in [3.8, 4) is 11.5 Å². The smallest absolute Gasteiger partial charge is 0.342 e. The van der Waals surface area contributed by atoms with Gasteiger partial charge in [0.25, 0.3) is 0 Å². The van der Waals surface area contributed by atoms with Crippen LogP contribution in [0.5, 0.6) is 11.5 Å². The van der Waals surface area contributed by atoms with Crippen LogP contribution in [-0.4, -0.2) is 43.7 Å². The molecular formula is C22H35FO5. The Kier molecular flexibility index (Phi) is 10.3. The predicted molar refractivity (Wildman–Crippen MR) is 108 cm³/mol. The molecule has 0 spiro atoms. The Morgan fingerprint density at radius 1 is 1.07 bits per heavy atom. The van der Waals surface area contributed by atoms with E-state index in [2.05, 4.69) is 0 Å². The third-order valence-corrected chi connectivity index (χ3v) is 4.38. The SMILES string of the molecule is COc1cc(CCCCCCCC(O)CF)c(C(=O)OC(C)(C)C)c(OC)c1. The standard InChI is InChI=1S/C22H35FO5/c1-22(2,3)28-21(25)20-16(13-18(26-4)14-19(20)27-5)11-9-7-6-8-10-12-17(24)15-23/h13-14,17,24H,6-12,15H2,1-5H3. The zero-order chi connectivity index (χ0) is 21.2. The highest BCUT2D eigenvalue weighted by Gasteiger charge is 2.25. The van der Waals surface area contributed by atoms with E-state index in [1.54, 1.807) is 13.2 Å². The number of halogens is 1. The maximum atomic E-state index is 12.7. The molecule has 0 bridgehead atoms. The van der Waals surface area contributed by atoms with Crippen molar-refractivity contribution in [1.29, 1.82) is 0 Å². The summed E-state index contributed by atoms with van der Waals surface area (Å²) in [6.07, 6.45) is 5.04. The van der Waals surface area contributed by atoms with E-state index in [0.29, 0.717) is 29.9 Å². The minimum atomic E-state index is -0.833. The summed E-state index contributed by atoms with van der Waals surface area (Å²) in [5.41, 5.74) is 0.700. The van der Waals surface area contributed by atoms with Crippen molar-refractivity contribution in [2.24, 2.45) is 0 Å². The van der Waals surface area contributed by atoms with E-state index in [1.165, 1.54) is 7.11 Å². The van der Waals surface area contributed by atoms with E-state index in [4.69, 9.17) is 14.2 Å². The van der Waals surface area contributed by atoms with Crippen molar-refractivity contribution in [2.45, 2.75) is 77.4 Å². The molecule has 1 aromatic rings. The van der Waals surface area contributed by atoms with Crippen LogP contribution in [-0.2, 0) is 11.2 Å². The van der Waals surface area contributed by atoms with Gasteiger partial charge in [-0.15, -0.1) is 0 Å². The second kappa shape index (κ2) is 11.9. The molecule has 0 aliphatic heterocycles. The molecule has 0 heterocycles. The largest absolute Gasteiger partial charge is 0.497 e. The molecule has 0 saturated heterocycles. The molecule has 5 nitrogen and oxygen atoms in total. The Labute approximate surface area is 168 Å². The highest BCUT2D eigenvalue weighted by atomic mass is 19.1. The number of ether oxygens (including phenoxy) is 3. The maximum absolute atomic E-state index is 12.7. The number of methoxy groups -OCH3 is 2. The van der Waals surface area contributed by atoms with E-state index < -0.39 is 24.3 Å². The van der Waals surface area contributed by atoms with E-state index in [-0.39, 0.29) is 0 Å². The quantitative estimate of drug-likeness (QED) is 0.402. The lowest BCUT2D eigenvalue weighted by Gasteiger charge is -2.22. The van der Waals surface area contributed by atoms with Crippen molar-refractivity contribution in [3.63, 3.8) is 0 Å². The lowest BCUT2D eigenvalue weighted by Crippen LogP contribution is -2.25. The Balaban J connectivity index is 2.76. The van der Waals surface area contributed by atoms with Gasteiger partial charge in [-0.2, -0.15) is 0 Å². The third kappa shape index (κ3) is 8.46. The number of aliphatic hydroxyl groups is 1. The highest BCUT2D eigenvalue weighted by molar-refractivity contribution is 5.95. The number of hydrogen-bond acceptors (Lipinski definition) is 5. The van der Waals surface area contributed by atoms with Crippen molar-refractivity contribution < 1.29 is 28.5 Å². The minimum Gasteiger partial charge on any atom is -0.497 e. The van der Waals surface area contributed by atoms with E-state index in [0.717, 1.165) is 37.7 Å². The summed E-state index contributed by atoms with van der Waals surface area (Å²) in [4.78, 5) is 12.7. The molecule has 0 aliphatic carbocycles. The number of carbonyl (C=O) groups excluding carboxylic acids is 1. The van der Waals surface area contributed by atoms with E-state index in [9.17, 15) is 14.3 Å². The predicted octanol–water partition coefficient (Wildman–Crippen LogP) is 4.87. The summed E-state index contributed by atoms with van der Waals surface area (Å²) in [6.45, 7) is 4.83. The molecule has 0 radical (unpaired) electrons. The summed E-state index contributed by atoms with van der Waals surface area (Å²) in [5.74, 6) is 0.686. The van der Waals surface area contributed by atoms with Gasteiger partial charge in [-0.25, -0.2) is 9.18 Å². The number of aliphatic hydroxyl groups excluding tert-OH is 1. The second-order valence-corrected chi connectivity index (χ2v) is 7.98. The lowest BCUT2D eigenvalue weighted by molar-refractivity contribution is 0.00652. The van der Waals surface area contributed by atoms with Crippen LogP contribution in [0.1, 0.15) is 75.2 Å². The number of hydrogen-bond donors (Lipinski definition) is 1. The normalized spacial score (nSPS) is 12.5. The van der Waals surface area contributed by atoms with Gasteiger partial charge in [0, 0.05) is 6.07 Å². The van der Waals surface area contributed by atoms with Gasteiger partial charge < -0.3 is 19.3 Å². The number of unbranched alkanes of at least 4 members (excludes halogenated alkanes) is 4. The Morgan fingerprint density at radius 2 is 1.71 bits per heavy atom. The summed E-state index contributed by atoms with van der Waals surface area (Å²) in [5, 5.41) is 9.23. The monoisotopic (exact) mass is 398 g/mol. The molecule has 160 valence electrons. The molecular weight excluding hydrogens is 363 g/mol. The Morgan fingerprint density at radius 3 is 2.29 bits per heavy atom. The first-order valence-electron chi connectivity index (χ1n) is 9.94. The zero-order valence-electron chi connectivity index (χ0n) is 17.8. The fourth-order valence-electron chi connectivity index (χ4n) is 2.98. The molecule has 1 unspecified atom stereocenters. The molecule has 0 saturated carbocycles. The number of carbonyl (C=O) groups is 1. The second-order valence-electron chi connectivity index (χ2n) is 7.98.